The number of anilines is 1. The monoisotopic (exact) mass is 399 g/mol. The predicted molar refractivity (Wildman–Crippen MR) is 124 cm³/mol. The Morgan fingerprint density at radius 3 is 2.60 bits per heavy atom. The van der Waals surface area contributed by atoms with Gasteiger partial charge in [-0.3, -0.25) is 4.79 Å². The summed E-state index contributed by atoms with van der Waals surface area (Å²) in [4.78, 5) is 14.9. The zero-order valence-electron chi connectivity index (χ0n) is 18.2. The zero-order chi connectivity index (χ0) is 21.7. The van der Waals surface area contributed by atoms with Crippen LogP contribution in [-0.2, 0) is 11.3 Å². The summed E-state index contributed by atoms with van der Waals surface area (Å²) in [6, 6.07) is 17.9. The van der Waals surface area contributed by atoms with E-state index in [1.54, 1.807) is 6.08 Å². The molecular weight excluding hydrogens is 370 g/mol. The van der Waals surface area contributed by atoms with Crippen molar-refractivity contribution < 1.29 is 4.79 Å². The van der Waals surface area contributed by atoms with Crippen molar-refractivity contribution in [2.75, 3.05) is 11.4 Å². The van der Waals surface area contributed by atoms with Gasteiger partial charge in [-0.05, 0) is 62.1 Å². The van der Waals surface area contributed by atoms with Crippen LogP contribution in [0.5, 0.6) is 0 Å². The molecule has 4 nitrogen and oxygen atoms in total. The number of fused-ring (bicyclic) bond motifs is 1. The maximum Gasteiger partial charge on any atom is 0.262 e. The minimum Gasteiger partial charge on any atom is -0.362 e. The van der Waals surface area contributed by atoms with E-state index in [1.165, 1.54) is 11.3 Å². The van der Waals surface area contributed by atoms with E-state index in [-0.39, 0.29) is 17.0 Å². The molecule has 1 heterocycles. The lowest BCUT2D eigenvalue weighted by molar-refractivity contribution is -0.117. The minimum absolute atomic E-state index is 0.0421. The molecule has 1 aliphatic rings. The Morgan fingerprint density at radius 2 is 1.93 bits per heavy atom. The fraction of sp³-hybridized carbons (Fsp3) is 0.308. The maximum atomic E-state index is 12.5. The Kier molecular flexibility index (Phi) is 6.42. The van der Waals surface area contributed by atoms with Crippen LogP contribution in [-0.4, -0.2) is 18.0 Å². The first-order valence-corrected chi connectivity index (χ1v) is 10.4. The zero-order valence-corrected chi connectivity index (χ0v) is 18.2. The second-order valence-electron chi connectivity index (χ2n) is 8.25. The number of rotatable bonds is 6. The Morgan fingerprint density at radius 1 is 1.20 bits per heavy atom. The lowest BCUT2D eigenvalue weighted by Crippen LogP contribution is -2.45. The summed E-state index contributed by atoms with van der Waals surface area (Å²) in [6.07, 6.45) is 5.02. The van der Waals surface area contributed by atoms with Crippen LogP contribution in [0.1, 0.15) is 50.8 Å². The quantitative estimate of drug-likeness (QED) is 0.528. The number of nitrogens with one attached hydrogen (secondary N) is 1. The van der Waals surface area contributed by atoms with Gasteiger partial charge in [0.05, 0.1) is 5.54 Å². The molecule has 3 rings (SSSR count). The fourth-order valence-corrected chi connectivity index (χ4v) is 4.01. The van der Waals surface area contributed by atoms with Gasteiger partial charge in [-0.25, -0.2) is 0 Å². The number of nitriles is 1. The van der Waals surface area contributed by atoms with E-state index >= 15 is 0 Å². The van der Waals surface area contributed by atoms with Crippen LogP contribution in [0.4, 0.5) is 5.69 Å². The highest BCUT2D eigenvalue weighted by Gasteiger charge is 2.30. The number of benzene rings is 2. The molecular formula is C26H29N3O. The van der Waals surface area contributed by atoms with Crippen molar-refractivity contribution in [3.63, 3.8) is 0 Å². The van der Waals surface area contributed by atoms with Gasteiger partial charge in [-0.1, -0.05) is 49.4 Å². The van der Waals surface area contributed by atoms with Crippen LogP contribution >= 0.6 is 0 Å². The second-order valence-corrected chi connectivity index (χ2v) is 8.25. The van der Waals surface area contributed by atoms with E-state index in [9.17, 15) is 10.1 Å². The van der Waals surface area contributed by atoms with E-state index in [0.717, 1.165) is 29.7 Å². The number of amides is 1. The summed E-state index contributed by atoms with van der Waals surface area (Å²) in [6.45, 7) is 10.1. The molecule has 1 amide bonds. The Hall–Kier alpha value is -3.32. The molecule has 4 heteroatoms. The van der Waals surface area contributed by atoms with E-state index in [2.05, 4.69) is 56.1 Å². The molecule has 0 bridgehead atoms. The first kappa shape index (κ1) is 21.4. The number of hydrogen-bond acceptors (Lipinski definition) is 3. The van der Waals surface area contributed by atoms with Gasteiger partial charge in [0.15, 0.2) is 0 Å². The van der Waals surface area contributed by atoms with Gasteiger partial charge in [0, 0.05) is 24.3 Å². The maximum absolute atomic E-state index is 12.5. The number of allylic oxidation sites excluding steroid dienone is 1. The van der Waals surface area contributed by atoms with Crippen molar-refractivity contribution >= 4 is 23.2 Å². The van der Waals surface area contributed by atoms with Crippen LogP contribution in [0.2, 0.25) is 0 Å². The highest BCUT2D eigenvalue weighted by Crippen LogP contribution is 2.39. The van der Waals surface area contributed by atoms with Crippen LogP contribution in [0.25, 0.3) is 11.6 Å². The molecule has 1 aliphatic heterocycles. The summed E-state index contributed by atoms with van der Waals surface area (Å²) >= 11 is 0. The first-order chi connectivity index (χ1) is 14.4. The average Bonchev–Trinajstić information content (AvgIpc) is 2.73. The Labute approximate surface area is 179 Å². The molecule has 0 saturated heterocycles. The van der Waals surface area contributed by atoms with Crippen molar-refractivity contribution in [1.29, 1.82) is 5.26 Å². The molecule has 0 unspecified atom stereocenters. The number of nitrogens with zero attached hydrogens (tertiary/aromatic N) is 2. The summed E-state index contributed by atoms with van der Waals surface area (Å²) in [5.74, 6) is -0.361. The van der Waals surface area contributed by atoms with Gasteiger partial charge in [-0.2, -0.15) is 5.26 Å². The molecule has 2 aromatic carbocycles. The number of carbonyl (C=O) groups is 1. The number of carbonyl (C=O) groups excluding carboxylic acids is 1. The summed E-state index contributed by atoms with van der Waals surface area (Å²) in [5, 5.41) is 12.4. The minimum atomic E-state index is -0.361. The summed E-state index contributed by atoms with van der Waals surface area (Å²) in [7, 11) is 0. The smallest absolute Gasteiger partial charge is 0.262 e. The predicted octanol–water partition coefficient (Wildman–Crippen LogP) is 5.32. The second kappa shape index (κ2) is 9.00. The average molecular weight is 400 g/mol. The third-order valence-electron chi connectivity index (χ3n) is 5.42. The molecule has 1 N–H and O–H groups in total. The van der Waals surface area contributed by atoms with Gasteiger partial charge < -0.3 is 10.2 Å². The van der Waals surface area contributed by atoms with Gasteiger partial charge in [0.1, 0.15) is 11.6 Å². The largest absolute Gasteiger partial charge is 0.362 e. The third-order valence-corrected chi connectivity index (χ3v) is 5.42. The molecule has 0 aliphatic carbocycles. The van der Waals surface area contributed by atoms with Crippen molar-refractivity contribution in [3.05, 3.63) is 76.9 Å². The molecule has 30 heavy (non-hydrogen) atoms. The normalized spacial score (nSPS) is 15.1. The molecule has 2 aromatic rings. The fourth-order valence-electron chi connectivity index (χ4n) is 4.01. The number of hydrogen-bond donors (Lipinski definition) is 1. The highest BCUT2D eigenvalue weighted by molar-refractivity contribution is 6.01. The standard InChI is InChI=1S/C26H29N3O/c1-5-13-29-24-12-11-21(15-23(24)19(2)16-26(29,3)4)14-22(17-27)25(30)28-18-20-9-7-6-8-10-20/h6-12,14-16H,5,13,18H2,1-4H3,(H,28,30)/b22-14+. The lowest BCUT2D eigenvalue weighted by atomic mass is 9.87. The van der Waals surface area contributed by atoms with E-state index in [1.807, 2.05) is 42.5 Å². The van der Waals surface area contributed by atoms with Gasteiger partial charge >= 0.3 is 0 Å². The van der Waals surface area contributed by atoms with Gasteiger partial charge in [0.25, 0.3) is 5.91 Å². The van der Waals surface area contributed by atoms with Gasteiger partial charge in [-0.15, -0.1) is 0 Å². The highest BCUT2D eigenvalue weighted by atomic mass is 16.1. The summed E-state index contributed by atoms with van der Waals surface area (Å²) in [5.41, 5.74) is 5.48. The molecule has 0 saturated carbocycles. The lowest BCUT2D eigenvalue weighted by Gasteiger charge is -2.43. The van der Waals surface area contributed by atoms with Gasteiger partial charge in [0.2, 0.25) is 0 Å². The SMILES string of the molecule is CCCN1c2ccc(/C=C(\C#N)C(=O)NCc3ccccc3)cc2C(C)=CC1(C)C. The van der Waals surface area contributed by atoms with E-state index in [4.69, 9.17) is 0 Å². The van der Waals surface area contributed by atoms with E-state index < -0.39 is 0 Å². The first-order valence-electron chi connectivity index (χ1n) is 10.4. The van der Waals surface area contributed by atoms with Crippen molar-refractivity contribution in [2.45, 2.75) is 46.2 Å². The van der Waals surface area contributed by atoms with Crippen molar-refractivity contribution in [3.8, 4) is 6.07 Å². The Balaban J connectivity index is 1.85. The molecule has 154 valence electrons. The Bertz CT molecular complexity index is 1030. The van der Waals surface area contributed by atoms with Crippen molar-refractivity contribution in [1.82, 2.24) is 5.32 Å². The topological polar surface area (TPSA) is 56.1 Å². The van der Waals surface area contributed by atoms with Crippen LogP contribution < -0.4 is 10.2 Å². The van der Waals surface area contributed by atoms with Crippen LogP contribution in [0.3, 0.4) is 0 Å². The van der Waals surface area contributed by atoms with Crippen LogP contribution in [0, 0.1) is 11.3 Å². The molecule has 0 atom stereocenters. The summed E-state index contributed by atoms with van der Waals surface area (Å²) < 4.78 is 0. The molecule has 0 fully saturated rings. The molecule has 0 spiro atoms. The molecule has 0 aromatic heterocycles. The van der Waals surface area contributed by atoms with E-state index in [0.29, 0.717) is 6.54 Å². The molecule has 0 radical (unpaired) electrons. The van der Waals surface area contributed by atoms with Crippen LogP contribution in [0.15, 0.2) is 60.2 Å². The van der Waals surface area contributed by atoms with Crippen molar-refractivity contribution in [2.24, 2.45) is 0 Å². The third kappa shape index (κ3) is 4.63.